The van der Waals surface area contributed by atoms with Crippen molar-refractivity contribution >= 4 is 17.3 Å². The standard InChI is InChI=1S/C25H34FN3O/c1-5-28(21-13-14-21)23-8-6-7-19(16-23)17-29(22-11-9-20(26)10-12-22)25(30)24(27-4)15-18(2)3/h6-12,16,18,21,24,27H,5,13-15,17H2,1-4H3. The second-order valence-electron chi connectivity index (χ2n) is 8.56. The van der Waals surface area contributed by atoms with Crippen molar-refractivity contribution in [1.82, 2.24) is 5.32 Å². The first-order valence-corrected chi connectivity index (χ1v) is 11.0. The summed E-state index contributed by atoms with van der Waals surface area (Å²) in [5, 5.41) is 3.17. The fraction of sp³-hybridized carbons (Fsp3) is 0.480. The summed E-state index contributed by atoms with van der Waals surface area (Å²) in [6, 6.07) is 15.0. The number of hydrogen-bond donors (Lipinski definition) is 1. The summed E-state index contributed by atoms with van der Waals surface area (Å²) < 4.78 is 13.5. The lowest BCUT2D eigenvalue weighted by Gasteiger charge is -2.29. The largest absolute Gasteiger partial charge is 0.369 e. The Morgan fingerprint density at radius 1 is 1.13 bits per heavy atom. The molecule has 2 aromatic rings. The van der Waals surface area contributed by atoms with Gasteiger partial charge in [-0.1, -0.05) is 26.0 Å². The summed E-state index contributed by atoms with van der Waals surface area (Å²) in [5.41, 5.74) is 2.99. The summed E-state index contributed by atoms with van der Waals surface area (Å²) in [6.07, 6.45) is 3.24. The van der Waals surface area contributed by atoms with E-state index in [4.69, 9.17) is 0 Å². The number of rotatable bonds is 10. The average molecular weight is 412 g/mol. The monoisotopic (exact) mass is 411 g/mol. The molecule has 0 heterocycles. The fourth-order valence-electron chi connectivity index (χ4n) is 3.97. The molecule has 0 spiro atoms. The predicted octanol–water partition coefficient (Wildman–Crippen LogP) is 4.98. The van der Waals surface area contributed by atoms with E-state index in [0.717, 1.165) is 18.5 Å². The number of carbonyl (C=O) groups is 1. The van der Waals surface area contributed by atoms with Gasteiger partial charge in [0.05, 0.1) is 12.6 Å². The third kappa shape index (κ3) is 5.60. The van der Waals surface area contributed by atoms with Crippen molar-refractivity contribution in [1.29, 1.82) is 0 Å². The van der Waals surface area contributed by atoms with Gasteiger partial charge in [-0.15, -0.1) is 0 Å². The zero-order valence-corrected chi connectivity index (χ0v) is 18.6. The van der Waals surface area contributed by atoms with Crippen molar-refractivity contribution in [3.05, 3.63) is 59.9 Å². The average Bonchev–Trinajstić information content (AvgIpc) is 3.56. The molecular weight excluding hydrogens is 377 g/mol. The molecule has 0 bridgehead atoms. The van der Waals surface area contributed by atoms with Crippen LogP contribution in [0.3, 0.4) is 0 Å². The molecule has 0 saturated heterocycles. The highest BCUT2D eigenvalue weighted by atomic mass is 19.1. The van der Waals surface area contributed by atoms with E-state index in [1.165, 1.54) is 30.7 Å². The van der Waals surface area contributed by atoms with Crippen LogP contribution in [0.25, 0.3) is 0 Å². The van der Waals surface area contributed by atoms with Gasteiger partial charge in [-0.05, 0) is 81.1 Å². The number of halogens is 1. The molecule has 1 saturated carbocycles. The van der Waals surface area contributed by atoms with Gasteiger partial charge in [0.25, 0.3) is 0 Å². The van der Waals surface area contributed by atoms with Crippen LogP contribution in [0, 0.1) is 11.7 Å². The quantitative estimate of drug-likeness (QED) is 0.599. The first-order chi connectivity index (χ1) is 14.4. The number of anilines is 2. The van der Waals surface area contributed by atoms with E-state index in [-0.39, 0.29) is 17.8 Å². The minimum Gasteiger partial charge on any atom is -0.369 e. The second kappa shape index (κ2) is 10.1. The van der Waals surface area contributed by atoms with Gasteiger partial charge in [0.1, 0.15) is 5.82 Å². The van der Waals surface area contributed by atoms with Crippen molar-refractivity contribution in [3.63, 3.8) is 0 Å². The predicted molar refractivity (Wildman–Crippen MR) is 122 cm³/mol. The molecule has 162 valence electrons. The Balaban J connectivity index is 1.89. The Kier molecular flexibility index (Phi) is 7.48. The van der Waals surface area contributed by atoms with Crippen LogP contribution in [0.2, 0.25) is 0 Å². The number of hydrogen-bond acceptors (Lipinski definition) is 3. The molecule has 5 heteroatoms. The van der Waals surface area contributed by atoms with Crippen LogP contribution < -0.4 is 15.1 Å². The lowest BCUT2D eigenvalue weighted by molar-refractivity contribution is -0.121. The van der Waals surface area contributed by atoms with E-state index < -0.39 is 0 Å². The van der Waals surface area contributed by atoms with E-state index >= 15 is 0 Å². The second-order valence-corrected chi connectivity index (χ2v) is 8.56. The molecule has 3 rings (SSSR count). The number of carbonyl (C=O) groups excluding carboxylic acids is 1. The molecule has 4 nitrogen and oxygen atoms in total. The SMILES string of the molecule is CCN(c1cccc(CN(C(=O)C(CC(C)C)NC)c2ccc(F)cc2)c1)C1CC1. The molecule has 30 heavy (non-hydrogen) atoms. The van der Waals surface area contributed by atoms with Gasteiger partial charge < -0.3 is 15.1 Å². The highest BCUT2D eigenvalue weighted by Gasteiger charge is 2.29. The molecule has 1 aliphatic carbocycles. The first kappa shape index (κ1) is 22.3. The molecule has 0 radical (unpaired) electrons. The van der Waals surface area contributed by atoms with Gasteiger partial charge in [0.15, 0.2) is 0 Å². The molecule has 1 unspecified atom stereocenters. The summed E-state index contributed by atoms with van der Waals surface area (Å²) >= 11 is 0. The third-order valence-electron chi connectivity index (χ3n) is 5.67. The van der Waals surface area contributed by atoms with Gasteiger partial charge in [-0.3, -0.25) is 4.79 Å². The Morgan fingerprint density at radius 2 is 1.83 bits per heavy atom. The third-order valence-corrected chi connectivity index (χ3v) is 5.67. The molecule has 0 aromatic heterocycles. The van der Waals surface area contributed by atoms with Gasteiger partial charge in [0, 0.05) is 24.0 Å². The lowest BCUT2D eigenvalue weighted by atomic mass is 10.0. The van der Waals surface area contributed by atoms with Crippen molar-refractivity contribution in [2.24, 2.45) is 5.92 Å². The highest BCUT2D eigenvalue weighted by molar-refractivity contribution is 5.97. The van der Waals surface area contributed by atoms with Gasteiger partial charge >= 0.3 is 0 Å². The van der Waals surface area contributed by atoms with E-state index in [2.05, 4.69) is 55.3 Å². The highest BCUT2D eigenvalue weighted by Crippen LogP contribution is 2.32. The maximum atomic E-state index is 13.5. The zero-order chi connectivity index (χ0) is 21.7. The normalized spacial score (nSPS) is 14.6. The maximum absolute atomic E-state index is 13.5. The number of nitrogens with zero attached hydrogens (tertiary/aromatic N) is 2. The number of benzene rings is 2. The fourth-order valence-corrected chi connectivity index (χ4v) is 3.97. The molecular formula is C25H34FN3O. The molecule has 1 N–H and O–H groups in total. The van der Waals surface area contributed by atoms with Gasteiger partial charge in [0.2, 0.25) is 5.91 Å². The van der Waals surface area contributed by atoms with Crippen molar-refractivity contribution in [3.8, 4) is 0 Å². The van der Waals surface area contributed by atoms with Crippen molar-refractivity contribution in [2.45, 2.75) is 58.7 Å². The summed E-state index contributed by atoms with van der Waals surface area (Å²) in [7, 11) is 1.82. The molecule has 0 aliphatic heterocycles. The molecule has 2 aromatic carbocycles. The number of nitrogens with one attached hydrogen (secondary N) is 1. The van der Waals surface area contributed by atoms with Crippen LogP contribution in [0.15, 0.2) is 48.5 Å². The van der Waals surface area contributed by atoms with E-state index in [1.807, 2.05) is 7.05 Å². The minimum absolute atomic E-state index is 0.0118. The lowest BCUT2D eigenvalue weighted by Crippen LogP contribution is -2.46. The topological polar surface area (TPSA) is 35.6 Å². The Labute approximate surface area is 180 Å². The van der Waals surface area contributed by atoms with Crippen molar-refractivity contribution < 1.29 is 9.18 Å². The molecule has 1 atom stereocenters. The van der Waals surface area contributed by atoms with Crippen LogP contribution in [-0.4, -0.2) is 31.6 Å². The summed E-state index contributed by atoms with van der Waals surface area (Å²) in [4.78, 5) is 17.7. The summed E-state index contributed by atoms with van der Waals surface area (Å²) in [6.45, 7) is 7.84. The maximum Gasteiger partial charge on any atom is 0.244 e. The molecule has 1 aliphatic rings. The Morgan fingerprint density at radius 3 is 2.40 bits per heavy atom. The van der Waals surface area contributed by atoms with E-state index in [1.54, 1.807) is 17.0 Å². The Bertz CT molecular complexity index is 833. The van der Waals surface area contributed by atoms with Crippen LogP contribution in [0.4, 0.5) is 15.8 Å². The van der Waals surface area contributed by atoms with Crippen LogP contribution >= 0.6 is 0 Å². The van der Waals surface area contributed by atoms with E-state index in [9.17, 15) is 9.18 Å². The van der Waals surface area contributed by atoms with Gasteiger partial charge in [-0.2, -0.15) is 0 Å². The number of amides is 1. The smallest absolute Gasteiger partial charge is 0.244 e. The minimum atomic E-state index is -0.302. The van der Waals surface area contributed by atoms with Crippen LogP contribution in [0.1, 0.15) is 45.6 Å². The number of likely N-dealkylation sites (N-methyl/N-ethyl adjacent to an activating group) is 1. The van der Waals surface area contributed by atoms with Crippen LogP contribution in [0.5, 0.6) is 0 Å². The van der Waals surface area contributed by atoms with E-state index in [0.29, 0.717) is 24.2 Å². The molecule has 1 amide bonds. The first-order valence-electron chi connectivity index (χ1n) is 11.0. The van der Waals surface area contributed by atoms with Crippen molar-refractivity contribution in [2.75, 3.05) is 23.4 Å². The van der Waals surface area contributed by atoms with Gasteiger partial charge in [-0.25, -0.2) is 4.39 Å². The Hall–Kier alpha value is -2.40. The summed E-state index contributed by atoms with van der Waals surface area (Å²) in [5.74, 6) is 0.0997. The molecule has 1 fully saturated rings. The zero-order valence-electron chi connectivity index (χ0n) is 18.6. The van der Waals surface area contributed by atoms with Crippen LogP contribution in [-0.2, 0) is 11.3 Å².